The predicted octanol–water partition coefficient (Wildman–Crippen LogP) is 2.88. The highest BCUT2D eigenvalue weighted by atomic mass is 16.5. The van der Waals surface area contributed by atoms with E-state index in [0.717, 1.165) is 50.6 Å². The number of hydrogen-bond acceptors (Lipinski definition) is 4. The number of carbonyl (C=O) groups is 1. The molecule has 2 aromatic carbocycles. The predicted molar refractivity (Wildman–Crippen MR) is 119 cm³/mol. The van der Waals surface area contributed by atoms with Crippen molar-refractivity contribution in [3.8, 4) is 5.75 Å². The second kappa shape index (κ2) is 8.03. The maximum absolute atomic E-state index is 13.0. The van der Waals surface area contributed by atoms with E-state index in [9.17, 15) is 4.79 Å². The van der Waals surface area contributed by atoms with Gasteiger partial charge in [0.1, 0.15) is 5.75 Å². The van der Waals surface area contributed by atoms with Crippen LogP contribution in [-0.2, 0) is 17.8 Å². The molecule has 0 unspecified atom stereocenters. The minimum absolute atomic E-state index is 0.233. The van der Waals surface area contributed by atoms with E-state index in [4.69, 9.17) is 4.74 Å². The monoisotopic (exact) mass is 404 g/mol. The Kier molecular flexibility index (Phi) is 5.09. The number of nitrogens with zero attached hydrogens (tertiary/aromatic N) is 3. The first-order valence-corrected chi connectivity index (χ1v) is 10.7. The SMILES string of the molecule is COc1ccccc1N1CCN(CC(=O)N2CCc3[nH]c4ccccc4c3C2)CC1. The average molecular weight is 405 g/mol. The summed E-state index contributed by atoms with van der Waals surface area (Å²) in [5.41, 5.74) is 4.87. The van der Waals surface area contributed by atoms with Crippen LogP contribution < -0.4 is 9.64 Å². The van der Waals surface area contributed by atoms with E-state index >= 15 is 0 Å². The summed E-state index contributed by atoms with van der Waals surface area (Å²) in [6.45, 7) is 5.57. The Hall–Kier alpha value is -2.99. The number of benzene rings is 2. The number of aromatic nitrogens is 1. The third kappa shape index (κ3) is 3.52. The van der Waals surface area contributed by atoms with E-state index in [-0.39, 0.29) is 5.91 Å². The molecule has 0 spiro atoms. The van der Waals surface area contributed by atoms with Gasteiger partial charge in [-0.15, -0.1) is 0 Å². The molecule has 2 aliphatic rings. The molecule has 0 aliphatic carbocycles. The largest absolute Gasteiger partial charge is 0.495 e. The minimum atomic E-state index is 0.233. The Balaban J connectivity index is 1.20. The minimum Gasteiger partial charge on any atom is -0.495 e. The normalized spacial score (nSPS) is 17.2. The molecule has 3 aromatic rings. The lowest BCUT2D eigenvalue weighted by Crippen LogP contribution is -2.50. The maximum atomic E-state index is 13.0. The van der Waals surface area contributed by atoms with Gasteiger partial charge in [0.2, 0.25) is 5.91 Å². The summed E-state index contributed by atoms with van der Waals surface area (Å²) in [6, 6.07) is 16.5. The number of nitrogens with one attached hydrogen (secondary N) is 1. The number of carbonyl (C=O) groups excluding carboxylic acids is 1. The number of amides is 1. The zero-order valence-electron chi connectivity index (χ0n) is 17.4. The van der Waals surface area contributed by atoms with Crippen LogP contribution in [0, 0.1) is 0 Å². The number of para-hydroxylation sites is 3. The van der Waals surface area contributed by atoms with Crippen molar-refractivity contribution in [2.75, 3.05) is 51.3 Å². The van der Waals surface area contributed by atoms with E-state index in [1.807, 2.05) is 23.1 Å². The molecular weight excluding hydrogens is 376 g/mol. The summed E-state index contributed by atoms with van der Waals surface area (Å²) in [5.74, 6) is 1.14. The lowest BCUT2D eigenvalue weighted by Gasteiger charge is -2.37. The lowest BCUT2D eigenvalue weighted by molar-refractivity contribution is -0.133. The van der Waals surface area contributed by atoms with Crippen molar-refractivity contribution in [3.63, 3.8) is 0 Å². The molecule has 0 atom stereocenters. The standard InChI is InChI=1S/C24H28N4O2/c1-30-23-9-5-4-8-22(23)27-14-12-26(13-15-27)17-24(29)28-11-10-21-19(16-28)18-6-2-3-7-20(18)25-21/h2-9,25H,10-17H2,1H3. The number of ether oxygens (including phenoxy) is 1. The fourth-order valence-corrected chi connectivity index (χ4v) is 4.71. The van der Waals surface area contributed by atoms with Crippen molar-refractivity contribution in [2.45, 2.75) is 13.0 Å². The molecule has 0 saturated carbocycles. The molecule has 156 valence electrons. The van der Waals surface area contributed by atoms with Crippen molar-refractivity contribution in [1.82, 2.24) is 14.8 Å². The highest BCUT2D eigenvalue weighted by Gasteiger charge is 2.27. The summed E-state index contributed by atoms with van der Waals surface area (Å²) < 4.78 is 5.50. The van der Waals surface area contributed by atoms with Gasteiger partial charge in [0, 0.05) is 67.8 Å². The molecule has 1 fully saturated rings. The summed E-state index contributed by atoms with van der Waals surface area (Å²) >= 11 is 0. The average Bonchev–Trinajstić information content (AvgIpc) is 3.17. The molecular formula is C24H28N4O2. The molecule has 6 heteroatoms. The van der Waals surface area contributed by atoms with Crippen LogP contribution in [0.25, 0.3) is 10.9 Å². The zero-order chi connectivity index (χ0) is 20.5. The first kappa shape index (κ1) is 19.0. The van der Waals surface area contributed by atoms with E-state index < -0.39 is 0 Å². The Morgan fingerprint density at radius 2 is 1.77 bits per heavy atom. The van der Waals surface area contributed by atoms with Crippen LogP contribution in [0.1, 0.15) is 11.3 Å². The molecule has 2 aliphatic heterocycles. The van der Waals surface area contributed by atoms with Gasteiger partial charge in [-0.05, 0) is 18.2 Å². The van der Waals surface area contributed by atoms with Crippen molar-refractivity contribution >= 4 is 22.5 Å². The Morgan fingerprint density at radius 1 is 1.00 bits per heavy atom. The molecule has 0 bridgehead atoms. The van der Waals surface area contributed by atoms with Crippen molar-refractivity contribution in [3.05, 3.63) is 59.8 Å². The van der Waals surface area contributed by atoms with Gasteiger partial charge in [-0.3, -0.25) is 9.69 Å². The Morgan fingerprint density at radius 3 is 2.60 bits per heavy atom. The van der Waals surface area contributed by atoms with Crippen LogP contribution in [0.3, 0.4) is 0 Å². The van der Waals surface area contributed by atoms with Gasteiger partial charge in [-0.1, -0.05) is 30.3 Å². The molecule has 0 radical (unpaired) electrons. The van der Waals surface area contributed by atoms with Crippen molar-refractivity contribution in [1.29, 1.82) is 0 Å². The Bertz CT molecular complexity index is 1050. The maximum Gasteiger partial charge on any atom is 0.237 e. The smallest absolute Gasteiger partial charge is 0.237 e. The third-order valence-corrected chi connectivity index (χ3v) is 6.39. The van der Waals surface area contributed by atoms with Crippen LogP contribution in [0.4, 0.5) is 5.69 Å². The number of rotatable bonds is 4. The van der Waals surface area contributed by atoms with E-state index in [0.29, 0.717) is 13.1 Å². The highest BCUT2D eigenvalue weighted by Crippen LogP contribution is 2.29. The van der Waals surface area contributed by atoms with Crippen LogP contribution in [-0.4, -0.2) is 67.1 Å². The fourth-order valence-electron chi connectivity index (χ4n) is 4.71. The van der Waals surface area contributed by atoms with Crippen LogP contribution in [0.2, 0.25) is 0 Å². The quantitative estimate of drug-likeness (QED) is 0.727. The summed E-state index contributed by atoms with van der Waals surface area (Å²) in [7, 11) is 1.71. The van der Waals surface area contributed by atoms with E-state index in [2.05, 4.69) is 45.1 Å². The number of hydrogen-bond donors (Lipinski definition) is 1. The van der Waals surface area contributed by atoms with Crippen LogP contribution in [0.5, 0.6) is 5.75 Å². The topological polar surface area (TPSA) is 51.8 Å². The van der Waals surface area contributed by atoms with Gasteiger partial charge >= 0.3 is 0 Å². The second-order valence-corrected chi connectivity index (χ2v) is 8.13. The highest BCUT2D eigenvalue weighted by molar-refractivity contribution is 5.86. The number of methoxy groups -OCH3 is 1. The summed E-state index contributed by atoms with van der Waals surface area (Å²) in [6.07, 6.45) is 0.900. The van der Waals surface area contributed by atoms with Gasteiger partial charge in [-0.2, -0.15) is 0 Å². The van der Waals surface area contributed by atoms with Gasteiger partial charge in [0.15, 0.2) is 0 Å². The molecule has 6 nitrogen and oxygen atoms in total. The van der Waals surface area contributed by atoms with Gasteiger partial charge < -0.3 is 19.5 Å². The molecule has 1 aromatic heterocycles. The molecule has 1 saturated heterocycles. The lowest BCUT2D eigenvalue weighted by atomic mass is 10.0. The molecule has 3 heterocycles. The second-order valence-electron chi connectivity index (χ2n) is 8.13. The first-order valence-electron chi connectivity index (χ1n) is 10.7. The number of aromatic amines is 1. The fraction of sp³-hybridized carbons (Fsp3) is 0.375. The molecule has 1 amide bonds. The number of piperazine rings is 1. The van der Waals surface area contributed by atoms with Crippen molar-refractivity contribution in [2.24, 2.45) is 0 Å². The molecule has 30 heavy (non-hydrogen) atoms. The van der Waals surface area contributed by atoms with Gasteiger partial charge in [0.05, 0.1) is 19.3 Å². The third-order valence-electron chi connectivity index (χ3n) is 6.39. The number of H-pyrrole nitrogens is 1. The zero-order valence-corrected chi connectivity index (χ0v) is 17.4. The molecule has 1 N–H and O–H groups in total. The van der Waals surface area contributed by atoms with E-state index in [1.54, 1.807) is 7.11 Å². The van der Waals surface area contributed by atoms with Gasteiger partial charge in [0.25, 0.3) is 0 Å². The number of anilines is 1. The van der Waals surface area contributed by atoms with Gasteiger partial charge in [-0.25, -0.2) is 0 Å². The van der Waals surface area contributed by atoms with Crippen molar-refractivity contribution < 1.29 is 9.53 Å². The van der Waals surface area contributed by atoms with Crippen LogP contribution in [0.15, 0.2) is 48.5 Å². The molecule has 5 rings (SSSR count). The summed E-state index contributed by atoms with van der Waals surface area (Å²) in [4.78, 5) is 23.2. The number of fused-ring (bicyclic) bond motifs is 3. The van der Waals surface area contributed by atoms with E-state index in [1.165, 1.54) is 22.2 Å². The van der Waals surface area contributed by atoms with Crippen LogP contribution >= 0.6 is 0 Å². The Labute approximate surface area is 177 Å². The first-order chi connectivity index (χ1) is 14.7. The summed E-state index contributed by atoms with van der Waals surface area (Å²) in [5, 5.41) is 1.25.